The first-order valence-electron chi connectivity index (χ1n) is 6.09. The molecule has 1 aliphatic rings. The summed E-state index contributed by atoms with van der Waals surface area (Å²) in [7, 11) is 1.20. The summed E-state index contributed by atoms with van der Waals surface area (Å²) in [5, 5.41) is 0.455. The maximum Gasteiger partial charge on any atom is 0.435 e. The third kappa shape index (κ3) is 3.69. The SMILES string of the molecule is COC(=O)N=C1SC(C)CN1c1cccc(C(F)(F)F)c1. The van der Waals surface area contributed by atoms with Gasteiger partial charge in [0, 0.05) is 17.5 Å². The number of thioether (sulfide) groups is 1. The first kappa shape index (κ1) is 15.7. The van der Waals surface area contributed by atoms with Gasteiger partial charge >= 0.3 is 12.3 Å². The lowest BCUT2D eigenvalue weighted by Gasteiger charge is -2.19. The minimum absolute atomic E-state index is 0.114. The van der Waals surface area contributed by atoms with Crippen molar-refractivity contribution in [3.63, 3.8) is 0 Å². The smallest absolute Gasteiger partial charge is 0.435 e. The van der Waals surface area contributed by atoms with E-state index in [0.717, 1.165) is 12.1 Å². The molecule has 1 aromatic rings. The number of methoxy groups -OCH3 is 1. The van der Waals surface area contributed by atoms with E-state index >= 15 is 0 Å². The maximum absolute atomic E-state index is 12.8. The van der Waals surface area contributed by atoms with Gasteiger partial charge in [0.05, 0.1) is 12.7 Å². The fourth-order valence-corrected chi connectivity index (χ4v) is 2.91. The van der Waals surface area contributed by atoms with Crippen molar-refractivity contribution in [3.05, 3.63) is 29.8 Å². The van der Waals surface area contributed by atoms with E-state index in [1.54, 1.807) is 11.0 Å². The van der Waals surface area contributed by atoms with Crippen LogP contribution in [-0.2, 0) is 10.9 Å². The Kier molecular flexibility index (Phi) is 4.46. The number of carbonyl (C=O) groups is 1. The average molecular weight is 318 g/mol. The van der Waals surface area contributed by atoms with Gasteiger partial charge in [0.2, 0.25) is 0 Å². The average Bonchev–Trinajstić information content (AvgIpc) is 2.78. The summed E-state index contributed by atoms with van der Waals surface area (Å²) < 4.78 is 42.8. The van der Waals surface area contributed by atoms with Crippen LogP contribution in [0, 0.1) is 0 Å². The molecule has 0 aliphatic carbocycles. The molecule has 114 valence electrons. The quantitative estimate of drug-likeness (QED) is 0.790. The van der Waals surface area contributed by atoms with Gasteiger partial charge in [0.15, 0.2) is 5.17 Å². The molecule has 0 N–H and O–H groups in total. The van der Waals surface area contributed by atoms with Gasteiger partial charge in [-0.05, 0) is 18.2 Å². The third-order valence-corrected chi connectivity index (χ3v) is 3.90. The molecular formula is C13H13F3N2O2S. The van der Waals surface area contributed by atoms with E-state index in [-0.39, 0.29) is 5.25 Å². The second-order valence-electron chi connectivity index (χ2n) is 4.45. The Morgan fingerprint density at radius 1 is 1.48 bits per heavy atom. The number of rotatable bonds is 1. The number of nitrogens with zero attached hydrogens (tertiary/aromatic N) is 2. The summed E-state index contributed by atoms with van der Waals surface area (Å²) in [5.41, 5.74) is -0.383. The van der Waals surface area contributed by atoms with Crippen LogP contribution in [0.2, 0.25) is 0 Å². The van der Waals surface area contributed by atoms with Crippen molar-refractivity contribution < 1.29 is 22.7 Å². The predicted octanol–water partition coefficient (Wildman–Crippen LogP) is 3.77. The van der Waals surface area contributed by atoms with Crippen molar-refractivity contribution in [1.29, 1.82) is 0 Å². The van der Waals surface area contributed by atoms with Gasteiger partial charge in [-0.2, -0.15) is 18.2 Å². The highest BCUT2D eigenvalue weighted by atomic mass is 32.2. The van der Waals surface area contributed by atoms with Crippen LogP contribution < -0.4 is 4.90 Å². The highest BCUT2D eigenvalue weighted by Crippen LogP contribution is 2.35. The van der Waals surface area contributed by atoms with Crippen LogP contribution in [0.1, 0.15) is 12.5 Å². The molecular weight excluding hydrogens is 305 g/mol. The van der Waals surface area contributed by atoms with Crippen molar-refractivity contribution in [2.75, 3.05) is 18.6 Å². The Bertz CT molecular complexity index is 575. The van der Waals surface area contributed by atoms with Crippen LogP contribution in [0.5, 0.6) is 0 Å². The van der Waals surface area contributed by atoms with Crippen LogP contribution in [0.4, 0.5) is 23.7 Å². The van der Waals surface area contributed by atoms with E-state index < -0.39 is 17.8 Å². The zero-order valence-electron chi connectivity index (χ0n) is 11.3. The lowest BCUT2D eigenvalue weighted by atomic mass is 10.2. The van der Waals surface area contributed by atoms with Gasteiger partial charge in [-0.3, -0.25) is 0 Å². The minimum atomic E-state index is -4.41. The minimum Gasteiger partial charge on any atom is -0.451 e. The maximum atomic E-state index is 12.8. The van der Waals surface area contributed by atoms with Gasteiger partial charge in [-0.25, -0.2) is 4.79 Å². The molecule has 0 aromatic heterocycles. The van der Waals surface area contributed by atoms with Crippen LogP contribution >= 0.6 is 11.8 Å². The van der Waals surface area contributed by atoms with Gasteiger partial charge in [0.25, 0.3) is 0 Å². The molecule has 21 heavy (non-hydrogen) atoms. The van der Waals surface area contributed by atoms with Crippen molar-refractivity contribution in [3.8, 4) is 0 Å². The standard InChI is InChI=1S/C13H13F3N2O2S/c1-8-7-18(11(21-8)17-12(19)20-2)10-5-3-4-9(6-10)13(14,15)16/h3-6,8H,7H2,1-2H3. The Hall–Kier alpha value is -1.70. The van der Waals surface area contributed by atoms with Gasteiger partial charge in [-0.1, -0.05) is 24.8 Å². The highest BCUT2D eigenvalue weighted by molar-refractivity contribution is 8.15. The number of ether oxygens (including phenoxy) is 1. The summed E-state index contributed by atoms with van der Waals surface area (Å²) in [6.07, 6.45) is -5.18. The third-order valence-electron chi connectivity index (χ3n) is 2.82. The Balaban J connectivity index is 2.35. The zero-order valence-corrected chi connectivity index (χ0v) is 12.2. The largest absolute Gasteiger partial charge is 0.451 e. The molecule has 4 nitrogen and oxygen atoms in total. The molecule has 0 radical (unpaired) electrons. The molecule has 0 saturated carbocycles. The number of hydrogen-bond donors (Lipinski definition) is 0. The Morgan fingerprint density at radius 3 is 2.81 bits per heavy atom. The number of carbonyl (C=O) groups excluding carboxylic acids is 1. The number of aliphatic imine (C=N–C) groups is 1. The summed E-state index contributed by atoms with van der Waals surface area (Å²) >= 11 is 1.32. The Morgan fingerprint density at radius 2 is 2.19 bits per heavy atom. The van der Waals surface area contributed by atoms with E-state index in [9.17, 15) is 18.0 Å². The summed E-state index contributed by atoms with van der Waals surface area (Å²) in [4.78, 5) is 16.6. The lowest BCUT2D eigenvalue weighted by Crippen LogP contribution is -2.26. The summed E-state index contributed by atoms with van der Waals surface area (Å²) in [5.74, 6) is 0. The molecule has 1 atom stereocenters. The number of alkyl halides is 3. The van der Waals surface area contributed by atoms with Crippen molar-refractivity contribution in [2.45, 2.75) is 18.3 Å². The second-order valence-corrected chi connectivity index (χ2v) is 5.86. The summed E-state index contributed by atoms with van der Waals surface area (Å²) in [6.45, 7) is 2.38. The van der Waals surface area contributed by atoms with Crippen LogP contribution in [0.25, 0.3) is 0 Å². The van der Waals surface area contributed by atoms with Crippen LogP contribution in [-0.4, -0.2) is 30.2 Å². The van der Waals surface area contributed by atoms with Gasteiger partial charge < -0.3 is 9.64 Å². The van der Waals surface area contributed by atoms with Crippen LogP contribution in [0.3, 0.4) is 0 Å². The van der Waals surface area contributed by atoms with Crippen LogP contribution in [0.15, 0.2) is 29.3 Å². The molecule has 1 heterocycles. The molecule has 0 spiro atoms. The molecule has 1 fully saturated rings. The summed E-state index contributed by atoms with van der Waals surface area (Å²) in [6, 6.07) is 4.95. The monoisotopic (exact) mass is 318 g/mol. The number of amidine groups is 1. The number of amides is 1. The first-order valence-corrected chi connectivity index (χ1v) is 6.97. The molecule has 1 saturated heterocycles. The van der Waals surface area contributed by atoms with E-state index in [4.69, 9.17) is 0 Å². The normalized spacial score (nSPS) is 20.9. The Labute approximate surface area is 124 Å². The van der Waals surface area contributed by atoms with E-state index in [1.807, 2.05) is 6.92 Å². The number of anilines is 1. The fraction of sp³-hybridized carbons (Fsp3) is 0.385. The molecule has 2 rings (SSSR count). The van der Waals surface area contributed by atoms with Crippen molar-refractivity contribution in [2.24, 2.45) is 4.99 Å². The molecule has 1 aliphatic heterocycles. The first-order chi connectivity index (χ1) is 9.81. The molecule has 1 unspecified atom stereocenters. The number of hydrogen-bond acceptors (Lipinski definition) is 3. The molecule has 8 heteroatoms. The van der Waals surface area contributed by atoms with E-state index in [0.29, 0.717) is 17.4 Å². The van der Waals surface area contributed by atoms with E-state index in [2.05, 4.69) is 9.73 Å². The second kappa shape index (κ2) is 5.97. The molecule has 1 aromatic carbocycles. The lowest BCUT2D eigenvalue weighted by molar-refractivity contribution is -0.137. The highest BCUT2D eigenvalue weighted by Gasteiger charge is 2.33. The van der Waals surface area contributed by atoms with Gasteiger partial charge in [0.1, 0.15) is 0 Å². The topological polar surface area (TPSA) is 41.9 Å². The molecule has 1 amide bonds. The van der Waals surface area contributed by atoms with E-state index in [1.165, 1.54) is 24.9 Å². The van der Waals surface area contributed by atoms with Crippen molar-refractivity contribution in [1.82, 2.24) is 0 Å². The number of halogens is 3. The number of benzene rings is 1. The molecule has 0 bridgehead atoms. The van der Waals surface area contributed by atoms with Gasteiger partial charge in [-0.15, -0.1) is 0 Å². The fourth-order valence-electron chi connectivity index (χ4n) is 1.89. The zero-order chi connectivity index (χ0) is 15.6. The van der Waals surface area contributed by atoms with Crippen molar-refractivity contribution >= 4 is 28.7 Å². The predicted molar refractivity (Wildman–Crippen MR) is 75.7 cm³/mol.